The fourth-order valence-corrected chi connectivity index (χ4v) is 3.20. The molecule has 0 aromatic rings. The van der Waals surface area contributed by atoms with Crippen LogP contribution in [0.4, 0.5) is 4.79 Å². The summed E-state index contributed by atoms with van der Waals surface area (Å²) in [6.07, 6.45) is 2.19. The van der Waals surface area contributed by atoms with Gasteiger partial charge in [0.1, 0.15) is 0 Å². The van der Waals surface area contributed by atoms with Gasteiger partial charge < -0.3 is 21.1 Å². The fraction of sp³-hybridized carbons (Fsp3) is 0.833. The highest BCUT2D eigenvalue weighted by Gasteiger charge is 2.30. The third kappa shape index (κ3) is 13.3. The quantitative estimate of drug-likeness (QED) is 0.289. The lowest BCUT2D eigenvalue weighted by Gasteiger charge is -2.29. The van der Waals surface area contributed by atoms with Crippen molar-refractivity contribution < 1.29 is 23.9 Å². The van der Waals surface area contributed by atoms with E-state index in [1.807, 2.05) is 13.8 Å². The molecule has 0 saturated heterocycles. The van der Waals surface area contributed by atoms with Gasteiger partial charge in [-0.15, -0.1) is 0 Å². The van der Waals surface area contributed by atoms with E-state index in [-0.39, 0.29) is 47.9 Å². The van der Waals surface area contributed by atoms with Gasteiger partial charge in [0, 0.05) is 18.9 Å². The van der Waals surface area contributed by atoms with Gasteiger partial charge in [0.15, 0.2) is 5.78 Å². The predicted molar refractivity (Wildman–Crippen MR) is 126 cm³/mol. The second-order valence-corrected chi connectivity index (χ2v) is 11.1. The van der Waals surface area contributed by atoms with Crippen molar-refractivity contribution in [2.45, 2.75) is 93.5 Å². The summed E-state index contributed by atoms with van der Waals surface area (Å²) in [7, 11) is 0. The lowest BCUT2D eigenvalue weighted by molar-refractivity contribution is -0.153. The first-order chi connectivity index (χ1) is 14.5. The van der Waals surface area contributed by atoms with Crippen LogP contribution in [0.25, 0.3) is 0 Å². The van der Waals surface area contributed by atoms with E-state index in [0.29, 0.717) is 32.2 Å². The molecule has 32 heavy (non-hydrogen) atoms. The summed E-state index contributed by atoms with van der Waals surface area (Å²) in [6.45, 7) is 16.1. The number of rotatable bonds is 13. The Balaban J connectivity index is 5.04. The molecular weight excluding hydrogens is 410 g/mol. The van der Waals surface area contributed by atoms with E-state index in [2.05, 4.69) is 31.4 Å². The minimum atomic E-state index is -0.656. The SMILES string of the molecule is CC(C)C(CC(C)(C)C)C(=O)NC(CCCNC(N)=O)C(=O)CCCOC(=O)C(C)(C)C. The van der Waals surface area contributed by atoms with Crippen molar-refractivity contribution in [1.82, 2.24) is 10.6 Å². The highest BCUT2D eigenvalue weighted by Crippen LogP contribution is 2.29. The maximum atomic E-state index is 13.0. The van der Waals surface area contributed by atoms with Crippen molar-refractivity contribution in [2.75, 3.05) is 13.2 Å². The molecule has 0 aliphatic heterocycles. The summed E-state index contributed by atoms with van der Waals surface area (Å²) in [5.74, 6) is -0.618. The smallest absolute Gasteiger partial charge is 0.312 e. The predicted octanol–water partition coefficient (Wildman–Crippen LogP) is 3.57. The Morgan fingerprint density at radius 2 is 1.56 bits per heavy atom. The van der Waals surface area contributed by atoms with Crippen LogP contribution in [0.2, 0.25) is 0 Å². The van der Waals surface area contributed by atoms with Crippen molar-refractivity contribution >= 4 is 23.7 Å². The molecule has 8 nitrogen and oxygen atoms in total. The van der Waals surface area contributed by atoms with Gasteiger partial charge in [-0.25, -0.2) is 4.79 Å². The summed E-state index contributed by atoms with van der Waals surface area (Å²) in [5.41, 5.74) is 4.48. The normalized spacial score (nSPS) is 13.9. The van der Waals surface area contributed by atoms with E-state index in [4.69, 9.17) is 10.5 Å². The third-order valence-corrected chi connectivity index (χ3v) is 5.06. The molecule has 0 fully saturated rings. The van der Waals surface area contributed by atoms with Gasteiger partial charge in [-0.2, -0.15) is 0 Å². The monoisotopic (exact) mass is 455 g/mol. The van der Waals surface area contributed by atoms with Gasteiger partial charge >= 0.3 is 12.0 Å². The molecule has 0 rings (SSSR count). The van der Waals surface area contributed by atoms with Crippen LogP contribution in [0.15, 0.2) is 0 Å². The van der Waals surface area contributed by atoms with Crippen LogP contribution in [0.1, 0.15) is 87.5 Å². The number of nitrogens with two attached hydrogens (primary N) is 1. The second kappa shape index (κ2) is 13.4. The largest absolute Gasteiger partial charge is 0.465 e. The number of ketones is 1. The van der Waals surface area contributed by atoms with Crippen LogP contribution in [0, 0.1) is 22.7 Å². The number of amides is 3. The van der Waals surface area contributed by atoms with Gasteiger partial charge in [-0.05, 0) is 57.8 Å². The van der Waals surface area contributed by atoms with E-state index in [1.54, 1.807) is 20.8 Å². The molecule has 3 amide bonds. The molecular formula is C24H45N3O5. The molecule has 2 unspecified atom stereocenters. The van der Waals surface area contributed by atoms with Crippen molar-refractivity contribution in [3.05, 3.63) is 0 Å². The number of ether oxygens (including phenoxy) is 1. The summed E-state index contributed by atoms with van der Waals surface area (Å²) in [6, 6.07) is -1.28. The van der Waals surface area contributed by atoms with Gasteiger partial charge in [0.25, 0.3) is 0 Å². The zero-order valence-corrected chi connectivity index (χ0v) is 21.3. The van der Waals surface area contributed by atoms with E-state index in [9.17, 15) is 19.2 Å². The van der Waals surface area contributed by atoms with Gasteiger partial charge in [-0.1, -0.05) is 34.6 Å². The number of Topliss-reactive ketones (excluding diaryl/α,β-unsaturated/α-hetero) is 1. The number of carbonyl (C=O) groups excluding carboxylic acids is 4. The first kappa shape index (κ1) is 29.9. The molecule has 2 atom stereocenters. The zero-order valence-electron chi connectivity index (χ0n) is 21.3. The van der Waals surface area contributed by atoms with Crippen LogP contribution in [-0.4, -0.2) is 42.9 Å². The van der Waals surface area contributed by atoms with E-state index < -0.39 is 17.5 Å². The number of primary amides is 1. The highest BCUT2D eigenvalue weighted by molar-refractivity contribution is 5.89. The van der Waals surface area contributed by atoms with Crippen LogP contribution >= 0.6 is 0 Å². The minimum absolute atomic E-state index is 0.0197. The molecule has 0 aromatic carbocycles. The van der Waals surface area contributed by atoms with E-state index >= 15 is 0 Å². The fourth-order valence-electron chi connectivity index (χ4n) is 3.20. The summed E-state index contributed by atoms with van der Waals surface area (Å²) >= 11 is 0. The molecule has 0 bridgehead atoms. The Kier molecular flexibility index (Phi) is 12.5. The standard InChI is InChI=1S/C24H45N3O5/c1-16(2)17(15-23(3,4)5)20(29)27-18(11-9-13-26-22(25)31)19(28)12-10-14-32-21(30)24(6,7)8/h16-18H,9-15H2,1-8H3,(H,27,29)(H3,25,26,31). The zero-order chi connectivity index (χ0) is 25.1. The molecule has 0 saturated carbocycles. The molecule has 0 aliphatic carbocycles. The first-order valence-electron chi connectivity index (χ1n) is 11.6. The van der Waals surface area contributed by atoms with Crippen molar-refractivity contribution in [3.63, 3.8) is 0 Å². The Labute approximate surface area is 193 Å². The van der Waals surface area contributed by atoms with Crippen LogP contribution in [-0.2, 0) is 19.1 Å². The van der Waals surface area contributed by atoms with Crippen molar-refractivity contribution in [1.29, 1.82) is 0 Å². The van der Waals surface area contributed by atoms with Crippen LogP contribution in [0.3, 0.4) is 0 Å². The average molecular weight is 456 g/mol. The Morgan fingerprint density at radius 3 is 2.03 bits per heavy atom. The van der Waals surface area contributed by atoms with Crippen LogP contribution < -0.4 is 16.4 Å². The molecule has 4 N–H and O–H groups in total. The maximum Gasteiger partial charge on any atom is 0.312 e. The number of hydrogen-bond acceptors (Lipinski definition) is 5. The number of esters is 1. The Hall–Kier alpha value is -2.12. The molecule has 0 aromatic heterocycles. The second-order valence-electron chi connectivity index (χ2n) is 11.1. The molecule has 0 heterocycles. The van der Waals surface area contributed by atoms with Crippen molar-refractivity contribution in [2.24, 2.45) is 28.4 Å². The number of hydrogen-bond donors (Lipinski definition) is 3. The number of nitrogens with one attached hydrogen (secondary N) is 2. The van der Waals surface area contributed by atoms with Crippen LogP contribution in [0.5, 0.6) is 0 Å². The molecule has 8 heteroatoms. The van der Waals surface area contributed by atoms with Crippen molar-refractivity contribution in [3.8, 4) is 0 Å². The summed E-state index contributed by atoms with van der Waals surface area (Å²) in [4.78, 5) is 48.6. The first-order valence-corrected chi connectivity index (χ1v) is 11.6. The number of carbonyl (C=O) groups is 4. The lowest BCUT2D eigenvalue weighted by Crippen LogP contribution is -2.46. The minimum Gasteiger partial charge on any atom is -0.465 e. The van der Waals surface area contributed by atoms with Gasteiger partial charge in [0.05, 0.1) is 18.1 Å². The van der Waals surface area contributed by atoms with Gasteiger partial charge in [0.2, 0.25) is 5.91 Å². The maximum absolute atomic E-state index is 13.0. The lowest BCUT2D eigenvalue weighted by atomic mass is 9.79. The van der Waals surface area contributed by atoms with E-state index in [1.165, 1.54) is 0 Å². The number of urea groups is 1. The highest BCUT2D eigenvalue weighted by atomic mass is 16.5. The van der Waals surface area contributed by atoms with Gasteiger partial charge in [-0.3, -0.25) is 14.4 Å². The molecule has 0 aliphatic rings. The molecule has 0 radical (unpaired) electrons. The average Bonchev–Trinajstić information content (AvgIpc) is 2.63. The Bertz CT molecular complexity index is 633. The molecule has 186 valence electrons. The third-order valence-electron chi connectivity index (χ3n) is 5.06. The topological polar surface area (TPSA) is 128 Å². The Morgan fingerprint density at radius 1 is 0.969 bits per heavy atom. The summed E-state index contributed by atoms with van der Waals surface area (Å²) in [5, 5.41) is 5.44. The summed E-state index contributed by atoms with van der Waals surface area (Å²) < 4.78 is 5.23. The van der Waals surface area contributed by atoms with E-state index in [0.717, 1.165) is 0 Å². The molecule has 0 spiro atoms.